The van der Waals surface area contributed by atoms with Gasteiger partial charge in [0.15, 0.2) is 0 Å². The molecular weight excluding hydrogens is 356 g/mol. The molecule has 0 amide bonds. The van der Waals surface area contributed by atoms with Crippen LogP contribution in [0.1, 0.15) is 67.0 Å². The number of piperidine rings is 1. The molecule has 0 atom stereocenters. The lowest BCUT2D eigenvalue weighted by Gasteiger charge is -2.32. The molecule has 1 aliphatic carbocycles. The van der Waals surface area contributed by atoms with Crippen molar-refractivity contribution >= 4 is 10.8 Å². The van der Waals surface area contributed by atoms with Crippen molar-refractivity contribution in [2.24, 2.45) is 0 Å². The monoisotopic (exact) mass is 388 g/mol. The maximum Gasteiger partial charge on any atom is 0.140 e. The highest BCUT2D eigenvalue weighted by Gasteiger charge is 2.22. The first-order valence-electron chi connectivity index (χ1n) is 11.5. The van der Waals surface area contributed by atoms with Crippen molar-refractivity contribution in [1.29, 1.82) is 0 Å². The summed E-state index contributed by atoms with van der Waals surface area (Å²) >= 11 is 0. The third-order valence-electron chi connectivity index (χ3n) is 7.00. The van der Waals surface area contributed by atoms with Crippen LogP contribution in [0.3, 0.4) is 0 Å². The van der Waals surface area contributed by atoms with Gasteiger partial charge in [-0.2, -0.15) is 0 Å². The van der Waals surface area contributed by atoms with Crippen LogP contribution >= 0.6 is 0 Å². The first-order chi connectivity index (χ1) is 14.4. The average molecular weight is 389 g/mol. The van der Waals surface area contributed by atoms with E-state index < -0.39 is 0 Å². The number of nitrogens with zero attached hydrogens (tertiary/aromatic N) is 2. The zero-order chi connectivity index (χ0) is 19.5. The van der Waals surface area contributed by atoms with Gasteiger partial charge in [0, 0.05) is 12.0 Å². The predicted octanol–water partition coefficient (Wildman–Crippen LogP) is 5.91. The Labute approximate surface area is 174 Å². The molecule has 1 aromatic heterocycles. The molecule has 3 heteroatoms. The summed E-state index contributed by atoms with van der Waals surface area (Å²) in [5, 5.41) is 7.08. The maximum atomic E-state index is 5.70. The van der Waals surface area contributed by atoms with E-state index in [9.17, 15) is 0 Å². The molecule has 2 heterocycles. The van der Waals surface area contributed by atoms with Crippen LogP contribution in [0.4, 0.5) is 0 Å². The standard InChI is InChI=1S/C26H32N2O/c1-2-9-24-25(10-3-1)27-29-26(24)11-6-16-28-17-14-21(15-18-28)23-13-12-20-7-4-5-8-22(20)19-23/h4-5,7-8,12-13,19,21H,1-3,6,9-11,14-18H2. The number of aryl methyl sites for hydroxylation is 2. The molecule has 3 nitrogen and oxygen atoms in total. The average Bonchev–Trinajstić information content (AvgIpc) is 3.00. The van der Waals surface area contributed by atoms with Crippen molar-refractivity contribution in [1.82, 2.24) is 10.1 Å². The van der Waals surface area contributed by atoms with E-state index in [-0.39, 0.29) is 0 Å². The number of hydrogen-bond acceptors (Lipinski definition) is 3. The second-order valence-corrected chi connectivity index (χ2v) is 8.92. The van der Waals surface area contributed by atoms with E-state index in [0.29, 0.717) is 5.92 Å². The highest BCUT2D eigenvalue weighted by atomic mass is 16.5. The van der Waals surface area contributed by atoms with Crippen molar-refractivity contribution in [3.63, 3.8) is 0 Å². The molecular formula is C26H32N2O. The normalized spacial score (nSPS) is 18.6. The number of benzene rings is 2. The molecule has 152 valence electrons. The van der Waals surface area contributed by atoms with E-state index in [2.05, 4.69) is 52.5 Å². The Bertz CT molecular complexity index is 952. The highest BCUT2D eigenvalue weighted by molar-refractivity contribution is 5.83. The first kappa shape index (κ1) is 18.9. The Balaban J connectivity index is 1.12. The second kappa shape index (κ2) is 8.71. The van der Waals surface area contributed by atoms with E-state index >= 15 is 0 Å². The Morgan fingerprint density at radius 3 is 2.66 bits per heavy atom. The fourth-order valence-corrected chi connectivity index (χ4v) is 5.24. The van der Waals surface area contributed by atoms with E-state index in [4.69, 9.17) is 4.52 Å². The Morgan fingerprint density at radius 2 is 1.76 bits per heavy atom. The van der Waals surface area contributed by atoms with Gasteiger partial charge >= 0.3 is 0 Å². The van der Waals surface area contributed by atoms with Gasteiger partial charge in [0.25, 0.3) is 0 Å². The fourth-order valence-electron chi connectivity index (χ4n) is 5.24. The molecule has 1 aliphatic heterocycles. The van der Waals surface area contributed by atoms with Gasteiger partial charge in [0.05, 0.1) is 5.69 Å². The van der Waals surface area contributed by atoms with Crippen LogP contribution in [-0.4, -0.2) is 29.7 Å². The van der Waals surface area contributed by atoms with Crippen LogP contribution in [0.2, 0.25) is 0 Å². The minimum atomic E-state index is 0.709. The molecule has 5 rings (SSSR count). The molecule has 1 saturated heterocycles. The molecule has 0 saturated carbocycles. The summed E-state index contributed by atoms with van der Waals surface area (Å²) < 4.78 is 5.70. The minimum absolute atomic E-state index is 0.709. The van der Waals surface area contributed by atoms with E-state index in [1.807, 2.05) is 0 Å². The summed E-state index contributed by atoms with van der Waals surface area (Å²) in [7, 11) is 0. The molecule has 29 heavy (non-hydrogen) atoms. The van der Waals surface area contributed by atoms with Crippen molar-refractivity contribution in [2.45, 2.75) is 63.7 Å². The van der Waals surface area contributed by atoms with Crippen LogP contribution in [0, 0.1) is 0 Å². The summed E-state index contributed by atoms with van der Waals surface area (Å²) in [6.45, 7) is 3.61. The molecule has 3 aromatic rings. The summed E-state index contributed by atoms with van der Waals surface area (Å²) in [5.41, 5.74) is 4.21. The van der Waals surface area contributed by atoms with Gasteiger partial charge in [0.2, 0.25) is 0 Å². The summed E-state index contributed by atoms with van der Waals surface area (Å²) in [5.74, 6) is 1.88. The zero-order valence-electron chi connectivity index (χ0n) is 17.4. The smallest absolute Gasteiger partial charge is 0.140 e. The number of hydrogen-bond donors (Lipinski definition) is 0. The predicted molar refractivity (Wildman–Crippen MR) is 118 cm³/mol. The van der Waals surface area contributed by atoms with E-state index in [1.54, 1.807) is 0 Å². The molecule has 1 fully saturated rings. The number of rotatable bonds is 5. The molecule has 2 aromatic carbocycles. The third-order valence-corrected chi connectivity index (χ3v) is 7.00. The topological polar surface area (TPSA) is 29.3 Å². The van der Waals surface area contributed by atoms with Crippen LogP contribution < -0.4 is 0 Å². The molecule has 0 unspecified atom stereocenters. The quantitative estimate of drug-likeness (QED) is 0.509. The number of fused-ring (bicyclic) bond motifs is 2. The van der Waals surface area contributed by atoms with E-state index in [1.165, 1.54) is 97.9 Å². The Kier molecular flexibility index (Phi) is 5.67. The Hall–Kier alpha value is -2.13. The molecule has 2 aliphatic rings. The summed E-state index contributed by atoms with van der Waals surface area (Å²) in [6, 6.07) is 15.7. The number of likely N-dealkylation sites (tertiary alicyclic amines) is 1. The lowest BCUT2D eigenvalue weighted by molar-refractivity contribution is 0.208. The van der Waals surface area contributed by atoms with Crippen LogP contribution in [-0.2, 0) is 19.3 Å². The fraction of sp³-hybridized carbons (Fsp3) is 0.500. The lowest BCUT2D eigenvalue weighted by Crippen LogP contribution is -2.33. The third kappa shape index (κ3) is 4.25. The maximum absolute atomic E-state index is 5.70. The Morgan fingerprint density at radius 1 is 0.931 bits per heavy atom. The zero-order valence-corrected chi connectivity index (χ0v) is 17.4. The van der Waals surface area contributed by atoms with Gasteiger partial charge in [-0.1, -0.05) is 54.0 Å². The second-order valence-electron chi connectivity index (χ2n) is 8.92. The van der Waals surface area contributed by atoms with Gasteiger partial charge in [-0.15, -0.1) is 0 Å². The van der Waals surface area contributed by atoms with Crippen molar-refractivity contribution in [3.8, 4) is 0 Å². The van der Waals surface area contributed by atoms with E-state index in [0.717, 1.165) is 12.8 Å². The molecule has 0 radical (unpaired) electrons. The largest absolute Gasteiger partial charge is 0.361 e. The number of aromatic nitrogens is 1. The molecule has 0 bridgehead atoms. The molecule has 0 spiro atoms. The first-order valence-corrected chi connectivity index (χ1v) is 11.5. The van der Waals surface area contributed by atoms with Crippen molar-refractivity contribution in [3.05, 3.63) is 65.0 Å². The van der Waals surface area contributed by atoms with Crippen molar-refractivity contribution < 1.29 is 4.52 Å². The highest BCUT2D eigenvalue weighted by Crippen LogP contribution is 2.30. The van der Waals surface area contributed by atoms with Gasteiger partial charge in [-0.05, 0) is 86.8 Å². The van der Waals surface area contributed by atoms with Gasteiger partial charge in [-0.25, -0.2) is 0 Å². The van der Waals surface area contributed by atoms with Crippen LogP contribution in [0.15, 0.2) is 47.0 Å². The summed E-state index contributed by atoms with van der Waals surface area (Å²) in [4.78, 5) is 2.65. The minimum Gasteiger partial charge on any atom is -0.361 e. The summed E-state index contributed by atoms with van der Waals surface area (Å²) in [6.07, 6.45) is 11.0. The lowest BCUT2D eigenvalue weighted by atomic mass is 9.88. The van der Waals surface area contributed by atoms with Gasteiger partial charge in [-0.3, -0.25) is 0 Å². The van der Waals surface area contributed by atoms with Gasteiger partial charge < -0.3 is 9.42 Å². The van der Waals surface area contributed by atoms with Gasteiger partial charge in [0.1, 0.15) is 5.76 Å². The van der Waals surface area contributed by atoms with Crippen molar-refractivity contribution in [2.75, 3.05) is 19.6 Å². The van der Waals surface area contributed by atoms with Crippen LogP contribution in [0.5, 0.6) is 0 Å². The molecule has 0 N–H and O–H groups in total. The SMILES string of the molecule is c1ccc2cc(C3CCN(CCCc4onc5c4CCCCC5)CC3)ccc2c1. The van der Waals surface area contributed by atoms with Crippen LogP contribution in [0.25, 0.3) is 10.8 Å².